The molecule has 1 heterocycles. The molecule has 0 saturated carbocycles. The average molecular weight is 448 g/mol. The second-order valence-electron chi connectivity index (χ2n) is 8.35. The van der Waals surface area contributed by atoms with Gasteiger partial charge in [-0.25, -0.2) is 4.79 Å². The standard InChI is InChI=1S/C27H33N3O3/c1-5-16-29(27(32)28-25-13-9-10-20(2)22(25)4)19-26(31)30(17-23-11-7-6-8-12-23)18-24-15-14-21(3)33-24/h6-15H,5,16-19H2,1-4H3,(H,28,32). The van der Waals surface area contributed by atoms with Gasteiger partial charge in [-0.05, 0) is 62.1 Å². The van der Waals surface area contributed by atoms with Gasteiger partial charge in [0.1, 0.15) is 18.1 Å². The monoisotopic (exact) mass is 447 g/mol. The van der Waals surface area contributed by atoms with E-state index < -0.39 is 0 Å². The van der Waals surface area contributed by atoms with Gasteiger partial charge in [0.15, 0.2) is 0 Å². The van der Waals surface area contributed by atoms with Crippen LogP contribution in [0, 0.1) is 20.8 Å². The zero-order valence-corrected chi connectivity index (χ0v) is 19.9. The Labute approximate surface area is 196 Å². The third kappa shape index (κ3) is 6.72. The molecule has 33 heavy (non-hydrogen) atoms. The smallest absolute Gasteiger partial charge is 0.322 e. The van der Waals surface area contributed by atoms with Crippen molar-refractivity contribution < 1.29 is 14.0 Å². The van der Waals surface area contributed by atoms with Gasteiger partial charge >= 0.3 is 6.03 Å². The Kier molecular flexibility index (Phi) is 8.30. The van der Waals surface area contributed by atoms with Crippen LogP contribution < -0.4 is 5.32 Å². The Morgan fingerprint density at radius 1 is 0.879 bits per heavy atom. The van der Waals surface area contributed by atoms with Gasteiger partial charge in [-0.15, -0.1) is 0 Å². The van der Waals surface area contributed by atoms with E-state index in [-0.39, 0.29) is 18.5 Å². The molecule has 0 bridgehead atoms. The van der Waals surface area contributed by atoms with E-state index in [2.05, 4.69) is 5.32 Å². The number of hydrogen-bond acceptors (Lipinski definition) is 3. The van der Waals surface area contributed by atoms with Crippen molar-refractivity contribution in [2.45, 2.75) is 47.2 Å². The van der Waals surface area contributed by atoms with E-state index in [0.29, 0.717) is 19.6 Å². The Bertz CT molecular complexity index is 1080. The quantitative estimate of drug-likeness (QED) is 0.459. The predicted octanol–water partition coefficient (Wildman–Crippen LogP) is 5.68. The summed E-state index contributed by atoms with van der Waals surface area (Å²) < 4.78 is 5.72. The van der Waals surface area contributed by atoms with Crippen molar-refractivity contribution >= 4 is 17.6 Å². The zero-order valence-electron chi connectivity index (χ0n) is 19.9. The summed E-state index contributed by atoms with van der Waals surface area (Å²) in [5.74, 6) is 1.40. The number of carbonyl (C=O) groups excluding carboxylic acids is 2. The Morgan fingerprint density at radius 3 is 2.30 bits per heavy atom. The summed E-state index contributed by atoms with van der Waals surface area (Å²) in [6.07, 6.45) is 0.754. The summed E-state index contributed by atoms with van der Waals surface area (Å²) in [7, 11) is 0. The lowest BCUT2D eigenvalue weighted by atomic mass is 10.1. The first-order chi connectivity index (χ1) is 15.9. The molecule has 1 N–H and O–H groups in total. The number of aryl methyl sites for hydroxylation is 2. The highest BCUT2D eigenvalue weighted by atomic mass is 16.3. The molecule has 1 aromatic heterocycles. The fraction of sp³-hybridized carbons (Fsp3) is 0.333. The van der Waals surface area contributed by atoms with Gasteiger partial charge in [0, 0.05) is 18.8 Å². The van der Waals surface area contributed by atoms with E-state index in [1.165, 1.54) is 0 Å². The van der Waals surface area contributed by atoms with E-state index in [0.717, 1.165) is 40.3 Å². The summed E-state index contributed by atoms with van der Waals surface area (Å²) in [6.45, 7) is 9.14. The van der Waals surface area contributed by atoms with Crippen molar-refractivity contribution in [2.24, 2.45) is 0 Å². The highest BCUT2D eigenvalue weighted by Crippen LogP contribution is 2.19. The zero-order chi connectivity index (χ0) is 23.8. The average Bonchev–Trinajstić information content (AvgIpc) is 3.21. The Balaban J connectivity index is 1.76. The second kappa shape index (κ2) is 11.4. The first kappa shape index (κ1) is 24.1. The molecule has 0 atom stereocenters. The van der Waals surface area contributed by atoms with Gasteiger partial charge in [0.2, 0.25) is 5.91 Å². The fourth-order valence-electron chi connectivity index (χ4n) is 3.66. The number of benzene rings is 2. The summed E-state index contributed by atoms with van der Waals surface area (Å²) >= 11 is 0. The van der Waals surface area contributed by atoms with Crippen LogP contribution in [0.1, 0.15) is 41.6 Å². The molecule has 0 fully saturated rings. The molecule has 3 rings (SSSR count). The molecule has 0 unspecified atom stereocenters. The molecule has 0 saturated heterocycles. The summed E-state index contributed by atoms with van der Waals surface area (Å²) in [4.78, 5) is 29.8. The number of urea groups is 1. The van der Waals surface area contributed by atoms with E-state index in [1.54, 1.807) is 9.80 Å². The third-order valence-corrected chi connectivity index (χ3v) is 5.66. The maximum atomic E-state index is 13.4. The SMILES string of the molecule is CCCN(CC(=O)N(Cc1ccccc1)Cc1ccc(C)o1)C(=O)Nc1cccc(C)c1C. The van der Waals surface area contributed by atoms with Crippen LogP contribution in [-0.4, -0.2) is 34.8 Å². The number of anilines is 1. The summed E-state index contributed by atoms with van der Waals surface area (Å²) in [5.41, 5.74) is 3.91. The highest BCUT2D eigenvalue weighted by molar-refractivity contribution is 5.93. The summed E-state index contributed by atoms with van der Waals surface area (Å²) in [5, 5.41) is 2.98. The van der Waals surface area contributed by atoms with Crippen LogP contribution in [0.25, 0.3) is 0 Å². The van der Waals surface area contributed by atoms with Gasteiger partial charge in [0.05, 0.1) is 6.54 Å². The molecule has 2 aromatic carbocycles. The first-order valence-electron chi connectivity index (χ1n) is 11.4. The minimum Gasteiger partial charge on any atom is -0.464 e. The number of carbonyl (C=O) groups is 2. The first-order valence-corrected chi connectivity index (χ1v) is 11.4. The second-order valence-corrected chi connectivity index (χ2v) is 8.35. The molecule has 0 spiro atoms. The fourth-order valence-corrected chi connectivity index (χ4v) is 3.66. The van der Waals surface area contributed by atoms with Gasteiger partial charge in [0.25, 0.3) is 0 Å². The number of nitrogens with one attached hydrogen (secondary N) is 1. The van der Waals surface area contributed by atoms with Crippen molar-refractivity contribution in [3.63, 3.8) is 0 Å². The predicted molar refractivity (Wildman–Crippen MR) is 131 cm³/mol. The van der Waals surface area contributed by atoms with Crippen LogP contribution in [0.3, 0.4) is 0 Å². The minimum atomic E-state index is -0.271. The van der Waals surface area contributed by atoms with Crippen LogP contribution in [0.4, 0.5) is 10.5 Å². The molecule has 0 radical (unpaired) electrons. The number of hydrogen-bond donors (Lipinski definition) is 1. The van der Waals surface area contributed by atoms with Crippen LogP contribution >= 0.6 is 0 Å². The Hall–Kier alpha value is -3.54. The molecule has 0 aliphatic carbocycles. The molecular weight excluding hydrogens is 414 g/mol. The Morgan fingerprint density at radius 2 is 1.64 bits per heavy atom. The van der Waals surface area contributed by atoms with Crippen molar-refractivity contribution in [2.75, 3.05) is 18.4 Å². The molecule has 6 nitrogen and oxygen atoms in total. The van der Waals surface area contributed by atoms with Gasteiger partial charge in [-0.3, -0.25) is 4.79 Å². The minimum absolute atomic E-state index is 0.00292. The molecule has 6 heteroatoms. The number of furan rings is 1. The summed E-state index contributed by atoms with van der Waals surface area (Å²) in [6, 6.07) is 19.2. The number of rotatable bonds is 9. The van der Waals surface area contributed by atoms with Crippen molar-refractivity contribution in [1.82, 2.24) is 9.80 Å². The molecule has 3 amide bonds. The molecule has 174 valence electrons. The topological polar surface area (TPSA) is 65.8 Å². The normalized spacial score (nSPS) is 10.7. The molecule has 0 aliphatic heterocycles. The van der Waals surface area contributed by atoms with Gasteiger partial charge in [-0.2, -0.15) is 0 Å². The lowest BCUT2D eigenvalue weighted by molar-refractivity contribution is -0.133. The largest absolute Gasteiger partial charge is 0.464 e. The lowest BCUT2D eigenvalue weighted by Gasteiger charge is -2.27. The number of amides is 3. The third-order valence-electron chi connectivity index (χ3n) is 5.66. The van der Waals surface area contributed by atoms with E-state index >= 15 is 0 Å². The van der Waals surface area contributed by atoms with Gasteiger partial charge < -0.3 is 19.5 Å². The van der Waals surface area contributed by atoms with Crippen LogP contribution in [-0.2, 0) is 17.9 Å². The highest BCUT2D eigenvalue weighted by Gasteiger charge is 2.22. The van der Waals surface area contributed by atoms with Crippen molar-refractivity contribution in [1.29, 1.82) is 0 Å². The van der Waals surface area contributed by atoms with Crippen LogP contribution in [0.15, 0.2) is 65.1 Å². The van der Waals surface area contributed by atoms with Crippen LogP contribution in [0.2, 0.25) is 0 Å². The number of nitrogens with zero attached hydrogens (tertiary/aromatic N) is 2. The van der Waals surface area contributed by atoms with Crippen LogP contribution in [0.5, 0.6) is 0 Å². The van der Waals surface area contributed by atoms with E-state index in [9.17, 15) is 9.59 Å². The van der Waals surface area contributed by atoms with E-state index in [1.807, 2.05) is 88.4 Å². The van der Waals surface area contributed by atoms with Gasteiger partial charge in [-0.1, -0.05) is 49.4 Å². The lowest BCUT2D eigenvalue weighted by Crippen LogP contribution is -2.44. The maximum absolute atomic E-state index is 13.4. The molecule has 3 aromatic rings. The van der Waals surface area contributed by atoms with E-state index in [4.69, 9.17) is 4.42 Å². The molecule has 0 aliphatic rings. The van der Waals surface area contributed by atoms with Crippen molar-refractivity contribution in [3.8, 4) is 0 Å². The van der Waals surface area contributed by atoms with Crippen molar-refractivity contribution in [3.05, 3.63) is 88.9 Å². The maximum Gasteiger partial charge on any atom is 0.322 e. The molecular formula is C27H33N3O3.